The first-order chi connectivity index (χ1) is 7.53. The Morgan fingerprint density at radius 3 is 2.19 bits per heavy atom. The molecule has 1 aromatic carbocycles. The molecule has 0 heterocycles. The summed E-state index contributed by atoms with van der Waals surface area (Å²) in [6, 6.07) is 8.93. The first-order valence-corrected chi connectivity index (χ1v) is 7.19. The van der Waals surface area contributed by atoms with Gasteiger partial charge < -0.3 is 5.11 Å². The largest absolute Gasteiger partial charge is 0.387 e. The van der Waals surface area contributed by atoms with Crippen LogP contribution in [0, 0.1) is 0 Å². The zero-order chi connectivity index (χ0) is 12.2. The van der Waals surface area contributed by atoms with E-state index >= 15 is 0 Å². The highest BCUT2D eigenvalue weighted by Crippen LogP contribution is 2.24. The third-order valence-corrected chi connectivity index (χ3v) is 5.08. The minimum Gasteiger partial charge on any atom is -0.387 e. The molecule has 1 aromatic rings. The molecule has 0 saturated heterocycles. The van der Waals surface area contributed by atoms with Gasteiger partial charge in [-0.1, -0.05) is 44.2 Å². The molecule has 0 bridgehead atoms. The second kappa shape index (κ2) is 5.46. The van der Waals surface area contributed by atoms with Crippen LogP contribution in [0.1, 0.15) is 31.9 Å². The summed E-state index contributed by atoms with van der Waals surface area (Å²) in [5.41, 5.74) is 0.659. The summed E-state index contributed by atoms with van der Waals surface area (Å²) in [5.74, 6) is 0.0649. The Balaban J connectivity index is 2.99. The second-order valence-corrected chi connectivity index (χ2v) is 6.26. The van der Waals surface area contributed by atoms with Crippen LogP contribution in [0.2, 0.25) is 0 Å². The molecular weight excluding hydrogens is 224 g/mol. The zero-order valence-electron chi connectivity index (χ0n) is 9.63. The van der Waals surface area contributed by atoms with Gasteiger partial charge >= 0.3 is 0 Å². The highest BCUT2D eigenvalue weighted by Gasteiger charge is 2.30. The third kappa shape index (κ3) is 2.83. The smallest absolute Gasteiger partial charge is 0.155 e. The normalized spacial score (nSPS) is 15.7. The molecule has 16 heavy (non-hydrogen) atoms. The van der Waals surface area contributed by atoms with Crippen LogP contribution in [0.4, 0.5) is 0 Å². The molecule has 2 atom stereocenters. The van der Waals surface area contributed by atoms with Crippen molar-refractivity contribution in [1.29, 1.82) is 0 Å². The van der Waals surface area contributed by atoms with Crippen molar-refractivity contribution in [3.8, 4) is 0 Å². The standard InChI is InChI=1S/C12H18O3S/c1-3-11(16(14,15)4-2)12(13)10-8-6-5-7-9-10/h5-9,11-13H,3-4H2,1-2H3/t11-,12+/m0/s1. The zero-order valence-corrected chi connectivity index (χ0v) is 10.4. The SMILES string of the molecule is CC[C@@H]([C@H](O)c1ccccc1)S(=O)(=O)CC. The molecule has 0 saturated carbocycles. The van der Waals surface area contributed by atoms with Crippen molar-refractivity contribution >= 4 is 9.84 Å². The number of rotatable bonds is 5. The predicted octanol–water partition coefficient (Wildman–Crippen LogP) is 1.93. The van der Waals surface area contributed by atoms with Crippen molar-refractivity contribution in [2.24, 2.45) is 0 Å². The van der Waals surface area contributed by atoms with Gasteiger partial charge in [0, 0.05) is 5.75 Å². The number of sulfone groups is 1. The molecule has 90 valence electrons. The Labute approximate surface area is 97.0 Å². The molecule has 0 aromatic heterocycles. The van der Waals surface area contributed by atoms with Gasteiger partial charge in [-0.3, -0.25) is 0 Å². The number of benzene rings is 1. The average molecular weight is 242 g/mol. The van der Waals surface area contributed by atoms with Gasteiger partial charge in [-0.2, -0.15) is 0 Å². The Kier molecular flexibility index (Phi) is 4.50. The van der Waals surface area contributed by atoms with Gasteiger partial charge in [0.25, 0.3) is 0 Å². The van der Waals surface area contributed by atoms with Crippen molar-refractivity contribution in [2.45, 2.75) is 31.6 Å². The van der Waals surface area contributed by atoms with Crippen LogP contribution in [0.15, 0.2) is 30.3 Å². The molecule has 0 amide bonds. The highest BCUT2D eigenvalue weighted by atomic mass is 32.2. The van der Waals surface area contributed by atoms with Gasteiger partial charge in [0.15, 0.2) is 9.84 Å². The van der Waals surface area contributed by atoms with Gasteiger partial charge in [-0.05, 0) is 12.0 Å². The van der Waals surface area contributed by atoms with Gasteiger partial charge in [0.1, 0.15) is 0 Å². The first-order valence-electron chi connectivity index (χ1n) is 5.47. The topological polar surface area (TPSA) is 54.4 Å². The van der Waals surface area contributed by atoms with Gasteiger partial charge in [0.05, 0.1) is 11.4 Å². The summed E-state index contributed by atoms with van der Waals surface area (Å²) in [6.07, 6.45) is -0.511. The van der Waals surface area contributed by atoms with E-state index < -0.39 is 21.2 Å². The van der Waals surface area contributed by atoms with Crippen LogP contribution in [0.3, 0.4) is 0 Å². The Morgan fingerprint density at radius 1 is 1.19 bits per heavy atom. The maximum Gasteiger partial charge on any atom is 0.155 e. The second-order valence-electron chi connectivity index (χ2n) is 3.75. The average Bonchev–Trinajstić information content (AvgIpc) is 2.30. The van der Waals surface area contributed by atoms with Crippen LogP contribution in [0.25, 0.3) is 0 Å². The lowest BCUT2D eigenvalue weighted by Gasteiger charge is -2.21. The summed E-state index contributed by atoms with van der Waals surface area (Å²) in [4.78, 5) is 0. The lowest BCUT2D eigenvalue weighted by atomic mass is 10.1. The summed E-state index contributed by atoms with van der Waals surface area (Å²) >= 11 is 0. The fourth-order valence-corrected chi connectivity index (χ4v) is 3.24. The van der Waals surface area contributed by atoms with Gasteiger partial charge in [-0.15, -0.1) is 0 Å². The van der Waals surface area contributed by atoms with Crippen molar-refractivity contribution in [1.82, 2.24) is 0 Å². The van der Waals surface area contributed by atoms with Crippen molar-refractivity contribution in [2.75, 3.05) is 5.75 Å². The third-order valence-electron chi connectivity index (χ3n) is 2.76. The van der Waals surface area contributed by atoms with E-state index in [1.165, 1.54) is 0 Å². The van der Waals surface area contributed by atoms with Crippen LogP contribution in [-0.2, 0) is 9.84 Å². The molecule has 0 fully saturated rings. The van der Waals surface area contributed by atoms with Gasteiger partial charge in [0.2, 0.25) is 0 Å². The molecule has 1 N–H and O–H groups in total. The van der Waals surface area contributed by atoms with E-state index in [2.05, 4.69) is 0 Å². The summed E-state index contributed by atoms with van der Waals surface area (Å²) in [6.45, 7) is 3.39. The lowest BCUT2D eigenvalue weighted by Crippen LogP contribution is -2.29. The highest BCUT2D eigenvalue weighted by molar-refractivity contribution is 7.92. The molecule has 0 spiro atoms. The fraction of sp³-hybridized carbons (Fsp3) is 0.500. The maximum absolute atomic E-state index is 11.8. The monoisotopic (exact) mass is 242 g/mol. The molecule has 1 rings (SSSR count). The van der Waals surface area contributed by atoms with E-state index in [0.29, 0.717) is 12.0 Å². The summed E-state index contributed by atoms with van der Waals surface area (Å²) in [5, 5.41) is 9.36. The molecule has 0 aliphatic rings. The van der Waals surface area contributed by atoms with Crippen LogP contribution < -0.4 is 0 Å². The number of aliphatic hydroxyl groups is 1. The van der Waals surface area contributed by atoms with Crippen molar-refractivity contribution < 1.29 is 13.5 Å². The Hall–Kier alpha value is -0.870. The summed E-state index contributed by atoms with van der Waals surface area (Å²) in [7, 11) is -3.21. The Morgan fingerprint density at radius 2 is 1.75 bits per heavy atom. The van der Waals surface area contributed by atoms with Crippen molar-refractivity contribution in [3.05, 3.63) is 35.9 Å². The first kappa shape index (κ1) is 13.2. The molecule has 3 nitrogen and oxygen atoms in total. The van der Waals surface area contributed by atoms with E-state index in [1.54, 1.807) is 38.1 Å². The Bertz CT molecular complexity index is 411. The van der Waals surface area contributed by atoms with E-state index in [0.717, 1.165) is 0 Å². The number of hydrogen-bond donors (Lipinski definition) is 1. The fourth-order valence-electron chi connectivity index (χ4n) is 1.75. The van der Waals surface area contributed by atoms with Crippen LogP contribution >= 0.6 is 0 Å². The number of aliphatic hydroxyl groups excluding tert-OH is 1. The quantitative estimate of drug-likeness (QED) is 0.858. The van der Waals surface area contributed by atoms with E-state index in [4.69, 9.17) is 0 Å². The van der Waals surface area contributed by atoms with E-state index in [9.17, 15) is 13.5 Å². The molecule has 0 unspecified atom stereocenters. The molecule has 4 heteroatoms. The van der Waals surface area contributed by atoms with Crippen molar-refractivity contribution in [3.63, 3.8) is 0 Å². The maximum atomic E-state index is 11.8. The lowest BCUT2D eigenvalue weighted by molar-refractivity contribution is 0.169. The minimum atomic E-state index is -3.21. The van der Waals surface area contributed by atoms with E-state index in [-0.39, 0.29) is 5.75 Å². The summed E-state index contributed by atoms with van der Waals surface area (Å²) < 4.78 is 23.6. The number of hydrogen-bond acceptors (Lipinski definition) is 3. The van der Waals surface area contributed by atoms with E-state index in [1.807, 2.05) is 6.07 Å². The van der Waals surface area contributed by atoms with Crippen LogP contribution in [0.5, 0.6) is 0 Å². The molecule has 0 aliphatic heterocycles. The molecule has 0 aliphatic carbocycles. The predicted molar refractivity (Wildman–Crippen MR) is 64.9 cm³/mol. The molecule has 0 radical (unpaired) electrons. The van der Waals surface area contributed by atoms with Gasteiger partial charge in [-0.25, -0.2) is 8.42 Å². The molecular formula is C12H18O3S. The minimum absolute atomic E-state index is 0.0649. The van der Waals surface area contributed by atoms with Crippen LogP contribution in [-0.4, -0.2) is 24.5 Å².